The third-order valence-corrected chi connectivity index (χ3v) is 3.31. The molecule has 2 aromatic carbocycles. The smallest absolute Gasteiger partial charge is 0.269 e. The molecule has 96 valence electrons. The standard InChI is InChI=1S/C14H11FN2O2/c15-11-1-6-14-10(9-11)7-8-16(14)12-2-4-13(5-3-12)17(18)19/h1-6,9H,7-8H2. The number of non-ortho nitro benzene ring substituents is 1. The Kier molecular flexibility index (Phi) is 2.67. The second kappa shape index (κ2) is 4.35. The van der Waals surface area contributed by atoms with E-state index >= 15 is 0 Å². The first-order chi connectivity index (χ1) is 9.15. The predicted molar refractivity (Wildman–Crippen MR) is 70.2 cm³/mol. The Bertz CT molecular complexity index is 640. The van der Waals surface area contributed by atoms with Crippen LogP contribution in [0.25, 0.3) is 0 Å². The zero-order valence-corrected chi connectivity index (χ0v) is 10.0. The first-order valence-electron chi connectivity index (χ1n) is 5.95. The van der Waals surface area contributed by atoms with Gasteiger partial charge in [-0.05, 0) is 42.3 Å². The molecule has 0 aliphatic carbocycles. The van der Waals surface area contributed by atoms with Crippen LogP contribution in [0.4, 0.5) is 21.5 Å². The third-order valence-electron chi connectivity index (χ3n) is 3.31. The molecule has 5 heteroatoms. The zero-order chi connectivity index (χ0) is 13.4. The summed E-state index contributed by atoms with van der Waals surface area (Å²) in [5.74, 6) is -0.232. The molecule has 0 amide bonds. The molecule has 1 aliphatic heterocycles. The van der Waals surface area contributed by atoms with Crippen molar-refractivity contribution in [2.24, 2.45) is 0 Å². The lowest BCUT2D eigenvalue weighted by atomic mass is 10.1. The number of anilines is 2. The SMILES string of the molecule is O=[N+]([O-])c1ccc(N2CCc3cc(F)ccc32)cc1. The Morgan fingerprint density at radius 1 is 1.16 bits per heavy atom. The summed E-state index contributed by atoms with van der Waals surface area (Å²) in [5.41, 5.74) is 2.90. The monoisotopic (exact) mass is 258 g/mol. The van der Waals surface area contributed by atoms with Gasteiger partial charge in [-0.1, -0.05) is 0 Å². The minimum Gasteiger partial charge on any atom is -0.341 e. The maximum Gasteiger partial charge on any atom is 0.269 e. The lowest BCUT2D eigenvalue weighted by Crippen LogP contribution is -2.12. The van der Waals surface area contributed by atoms with E-state index in [1.54, 1.807) is 24.3 Å². The maximum absolute atomic E-state index is 13.1. The number of hydrogen-bond donors (Lipinski definition) is 0. The van der Waals surface area contributed by atoms with Crippen LogP contribution >= 0.6 is 0 Å². The molecule has 1 aliphatic rings. The van der Waals surface area contributed by atoms with E-state index in [0.29, 0.717) is 0 Å². The predicted octanol–water partition coefficient (Wildman–Crippen LogP) is 3.43. The molecule has 2 aromatic rings. The molecule has 3 rings (SSSR count). The number of hydrogen-bond acceptors (Lipinski definition) is 3. The summed E-state index contributed by atoms with van der Waals surface area (Å²) >= 11 is 0. The van der Waals surface area contributed by atoms with Gasteiger partial charge in [0.15, 0.2) is 0 Å². The van der Waals surface area contributed by atoms with Crippen molar-refractivity contribution in [2.45, 2.75) is 6.42 Å². The van der Waals surface area contributed by atoms with Crippen molar-refractivity contribution < 1.29 is 9.31 Å². The highest BCUT2D eigenvalue weighted by Crippen LogP contribution is 2.35. The summed E-state index contributed by atoms with van der Waals surface area (Å²) in [5, 5.41) is 10.6. The summed E-state index contributed by atoms with van der Waals surface area (Å²) in [6.45, 7) is 0.761. The van der Waals surface area contributed by atoms with E-state index < -0.39 is 4.92 Å². The first-order valence-corrected chi connectivity index (χ1v) is 5.95. The van der Waals surface area contributed by atoms with Gasteiger partial charge in [0.05, 0.1) is 4.92 Å². The molecule has 0 fully saturated rings. The molecule has 0 atom stereocenters. The lowest BCUT2D eigenvalue weighted by molar-refractivity contribution is -0.384. The van der Waals surface area contributed by atoms with Crippen LogP contribution in [0.5, 0.6) is 0 Å². The Hall–Kier alpha value is -2.43. The van der Waals surface area contributed by atoms with Crippen molar-refractivity contribution in [3.63, 3.8) is 0 Å². The third kappa shape index (κ3) is 2.03. The fraction of sp³-hybridized carbons (Fsp3) is 0.143. The maximum atomic E-state index is 13.1. The Morgan fingerprint density at radius 3 is 2.58 bits per heavy atom. The van der Waals surface area contributed by atoms with E-state index in [2.05, 4.69) is 0 Å². The van der Waals surface area contributed by atoms with Crippen LogP contribution < -0.4 is 4.90 Å². The van der Waals surface area contributed by atoms with Gasteiger partial charge >= 0.3 is 0 Å². The van der Waals surface area contributed by atoms with Crippen LogP contribution in [-0.2, 0) is 6.42 Å². The lowest BCUT2D eigenvalue weighted by Gasteiger charge is -2.19. The normalized spacial score (nSPS) is 13.4. The Labute approximate surface area is 109 Å². The number of benzene rings is 2. The summed E-state index contributed by atoms with van der Waals surface area (Å²) < 4.78 is 13.1. The molecule has 0 bridgehead atoms. The first kappa shape index (κ1) is 11.6. The van der Waals surface area contributed by atoms with Gasteiger partial charge in [-0.15, -0.1) is 0 Å². The molecule has 0 saturated heterocycles. The Balaban J connectivity index is 1.95. The van der Waals surface area contributed by atoms with Gasteiger partial charge in [0.2, 0.25) is 0 Å². The summed E-state index contributed by atoms with van der Waals surface area (Å²) in [6.07, 6.45) is 0.782. The molecule has 0 spiro atoms. The number of halogens is 1. The molecule has 0 radical (unpaired) electrons. The van der Waals surface area contributed by atoms with Crippen LogP contribution in [0, 0.1) is 15.9 Å². The molecule has 0 aromatic heterocycles. The molecular formula is C14H11FN2O2. The van der Waals surface area contributed by atoms with E-state index in [4.69, 9.17) is 0 Å². The van der Waals surface area contributed by atoms with E-state index in [9.17, 15) is 14.5 Å². The van der Waals surface area contributed by atoms with Gasteiger partial charge in [0, 0.05) is 30.1 Å². The molecule has 0 saturated carbocycles. The molecule has 1 heterocycles. The minimum absolute atomic E-state index is 0.0716. The molecule has 0 unspecified atom stereocenters. The fourth-order valence-corrected chi connectivity index (χ4v) is 2.39. The summed E-state index contributed by atoms with van der Waals surface area (Å²) in [4.78, 5) is 12.2. The van der Waals surface area contributed by atoms with Crippen molar-refractivity contribution in [3.8, 4) is 0 Å². The largest absolute Gasteiger partial charge is 0.341 e. The van der Waals surface area contributed by atoms with Crippen molar-refractivity contribution in [3.05, 3.63) is 64.0 Å². The average molecular weight is 258 g/mol. The van der Waals surface area contributed by atoms with Crippen LogP contribution in [0.15, 0.2) is 42.5 Å². The molecule has 0 N–H and O–H groups in total. The van der Waals surface area contributed by atoms with Crippen LogP contribution in [0.3, 0.4) is 0 Å². The van der Waals surface area contributed by atoms with E-state index in [1.165, 1.54) is 18.2 Å². The van der Waals surface area contributed by atoms with Gasteiger partial charge in [-0.25, -0.2) is 4.39 Å². The second-order valence-corrected chi connectivity index (χ2v) is 4.45. The van der Waals surface area contributed by atoms with Crippen molar-refractivity contribution in [2.75, 3.05) is 11.4 Å². The van der Waals surface area contributed by atoms with E-state index in [-0.39, 0.29) is 11.5 Å². The van der Waals surface area contributed by atoms with Crippen LogP contribution in [0.1, 0.15) is 5.56 Å². The van der Waals surface area contributed by atoms with Gasteiger partial charge in [0.25, 0.3) is 5.69 Å². The van der Waals surface area contributed by atoms with Crippen molar-refractivity contribution in [1.82, 2.24) is 0 Å². The molecule has 19 heavy (non-hydrogen) atoms. The topological polar surface area (TPSA) is 46.4 Å². The highest BCUT2D eigenvalue weighted by Gasteiger charge is 2.21. The number of fused-ring (bicyclic) bond motifs is 1. The van der Waals surface area contributed by atoms with Crippen molar-refractivity contribution >= 4 is 17.1 Å². The van der Waals surface area contributed by atoms with Crippen LogP contribution in [0.2, 0.25) is 0 Å². The van der Waals surface area contributed by atoms with Crippen molar-refractivity contribution in [1.29, 1.82) is 0 Å². The number of rotatable bonds is 2. The summed E-state index contributed by atoms with van der Waals surface area (Å²) in [7, 11) is 0. The quantitative estimate of drug-likeness (QED) is 0.612. The highest BCUT2D eigenvalue weighted by molar-refractivity contribution is 5.70. The van der Waals surface area contributed by atoms with Gasteiger partial charge in [0.1, 0.15) is 5.82 Å². The van der Waals surface area contributed by atoms with Gasteiger partial charge in [-0.2, -0.15) is 0 Å². The van der Waals surface area contributed by atoms with Gasteiger partial charge < -0.3 is 4.90 Å². The minimum atomic E-state index is -0.420. The number of nitro groups is 1. The number of nitro benzene ring substituents is 1. The highest BCUT2D eigenvalue weighted by atomic mass is 19.1. The van der Waals surface area contributed by atoms with E-state index in [1.807, 2.05) is 4.90 Å². The molecular weight excluding hydrogens is 247 g/mol. The average Bonchev–Trinajstić information content (AvgIpc) is 2.81. The zero-order valence-electron chi connectivity index (χ0n) is 10.0. The fourth-order valence-electron chi connectivity index (χ4n) is 2.39. The Morgan fingerprint density at radius 2 is 1.89 bits per heavy atom. The second-order valence-electron chi connectivity index (χ2n) is 4.45. The van der Waals surface area contributed by atoms with E-state index in [0.717, 1.165) is 29.9 Å². The number of nitrogens with zero attached hydrogens (tertiary/aromatic N) is 2. The summed E-state index contributed by atoms with van der Waals surface area (Å²) in [6, 6.07) is 11.1. The van der Waals surface area contributed by atoms with Gasteiger partial charge in [-0.3, -0.25) is 10.1 Å². The van der Waals surface area contributed by atoms with Crippen LogP contribution in [-0.4, -0.2) is 11.5 Å². The molecule has 4 nitrogen and oxygen atoms in total.